The number of hydrogen-bond donors (Lipinski definition) is 1. The smallest absolute Gasteiger partial charge is 0.259 e. The van der Waals surface area contributed by atoms with Gasteiger partial charge in [-0.3, -0.25) is 9.59 Å². The molecule has 2 aliphatic rings. The second kappa shape index (κ2) is 8.35. The highest BCUT2D eigenvalue weighted by molar-refractivity contribution is 6.12. The summed E-state index contributed by atoms with van der Waals surface area (Å²) in [5.41, 5.74) is 3.75. The summed E-state index contributed by atoms with van der Waals surface area (Å²) in [6.45, 7) is 6.33. The van der Waals surface area contributed by atoms with Crippen molar-refractivity contribution in [3.8, 4) is 0 Å². The lowest BCUT2D eigenvalue weighted by molar-refractivity contribution is 0.0303. The molecule has 32 heavy (non-hydrogen) atoms. The standard InChI is InChI=1S/C24H26N4O4/c1-14(2)21-20-18(13-19(15-3-4-15)26-23(20)32-27-21)22(29)25-17-7-5-16(6-8-17)24(30)28-9-11-31-12-10-28/h5-8,13-15H,3-4,9-12H2,1-2H3,(H,25,29). The van der Waals surface area contributed by atoms with E-state index in [1.54, 1.807) is 29.2 Å². The summed E-state index contributed by atoms with van der Waals surface area (Å²) >= 11 is 0. The molecule has 1 N–H and O–H groups in total. The van der Waals surface area contributed by atoms with E-state index in [0.29, 0.717) is 60.1 Å². The van der Waals surface area contributed by atoms with Crippen molar-refractivity contribution in [3.05, 3.63) is 52.8 Å². The molecule has 8 nitrogen and oxygen atoms in total. The summed E-state index contributed by atoms with van der Waals surface area (Å²) in [7, 11) is 0. The van der Waals surface area contributed by atoms with Gasteiger partial charge < -0.3 is 19.5 Å². The Bertz CT molecular complexity index is 1160. The number of carbonyl (C=O) groups excluding carboxylic acids is 2. The molecule has 5 rings (SSSR count). The van der Waals surface area contributed by atoms with Crippen molar-refractivity contribution in [2.24, 2.45) is 0 Å². The van der Waals surface area contributed by atoms with Gasteiger partial charge in [-0.15, -0.1) is 0 Å². The quantitative estimate of drug-likeness (QED) is 0.653. The summed E-state index contributed by atoms with van der Waals surface area (Å²) in [5, 5.41) is 7.80. The van der Waals surface area contributed by atoms with Crippen molar-refractivity contribution in [1.82, 2.24) is 15.0 Å². The Kier molecular flexibility index (Phi) is 5.38. The molecule has 3 aromatic rings. The minimum absolute atomic E-state index is 0.0258. The van der Waals surface area contributed by atoms with Crippen LogP contribution in [0.4, 0.5) is 5.69 Å². The first-order valence-corrected chi connectivity index (χ1v) is 11.1. The zero-order valence-electron chi connectivity index (χ0n) is 18.3. The first kappa shape index (κ1) is 20.6. The van der Waals surface area contributed by atoms with Crippen LogP contribution in [0.5, 0.6) is 0 Å². The van der Waals surface area contributed by atoms with E-state index in [1.165, 1.54) is 0 Å². The summed E-state index contributed by atoms with van der Waals surface area (Å²) in [5.74, 6) is 0.213. The number of anilines is 1. The number of ether oxygens (including phenoxy) is 1. The minimum atomic E-state index is -0.239. The normalized spacial score (nSPS) is 16.5. The SMILES string of the molecule is CC(C)c1noc2nc(C3CC3)cc(C(=O)Nc3ccc(C(=O)N4CCOCC4)cc3)c12. The Balaban J connectivity index is 1.40. The Labute approximate surface area is 185 Å². The van der Waals surface area contributed by atoms with Crippen molar-refractivity contribution in [2.45, 2.75) is 38.5 Å². The van der Waals surface area contributed by atoms with Crippen LogP contribution < -0.4 is 5.32 Å². The van der Waals surface area contributed by atoms with Crippen molar-refractivity contribution in [3.63, 3.8) is 0 Å². The van der Waals surface area contributed by atoms with E-state index in [-0.39, 0.29) is 17.7 Å². The third kappa shape index (κ3) is 3.98. The number of carbonyl (C=O) groups is 2. The zero-order valence-corrected chi connectivity index (χ0v) is 18.3. The summed E-state index contributed by atoms with van der Waals surface area (Å²) in [6, 6.07) is 8.86. The molecule has 1 aromatic carbocycles. The highest BCUT2D eigenvalue weighted by Crippen LogP contribution is 2.41. The molecule has 1 saturated carbocycles. The number of hydrogen-bond acceptors (Lipinski definition) is 6. The van der Waals surface area contributed by atoms with Crippen molar-refractivity contribution in [2.75, 3.05) is 31.6 Å². The average molecular weight is 434 g/mol. The molecule has 2 amide bonds. The predicted octanol–water partition coefficient (Wildman–Crippen LogP) is 3.95. The van der Waals surface area contributed by atoms with Gasteiger partial charge >= 0.3 is 0 Å². The maximum atomic E-state index is 13.3. The predicted molar refractivity (Wildman–Crippen MR) is 119 cm³/mol. The third-order valence-corrected chi connectivity index (χ3v) is 5.97. The Morgan fingerprint density at radius 1 is 1.12 bits per heavy atom. The van der Waals surface area contributed by atoms with E-state index < -0.39 is 0 Å². The summed E-state index contributed by atoms with van der Waals surface area (Å²) in [4.78, 5) is 32.3. The summed E-state index contributed by atoms with van der Waals surface area (Å²) < 4.78 is 10.8. The number of pyridine rings is 1. The van der Waals surface area contributed by atoms with Crippen LogP contribution in [0.2, 0.25) is 0 Å². The van der Waals surface area contributed by atoms with E-state index >= 15 is 0 Å². The Morgan fingerprint density at radius 3 is 2.50 bits per heavy atom. The van der Waals surface area contributed by atoms with Crippen LogP contribution >= 0.6 is 0 Å². The molecule has 0 unspecified atom stereocenters. The van der Waals surface area contributed by atoms with E-state index in [0.717, 1.165) is 24.2 Å². The van der Waals surface area contributed by atoms with Gasteiger partial charge in [0.25, 0.3) is 17.5 Å². The first-order chi connectivity index (χ1) is 15.5. The number of nitrogens with zero attached hydrogens (tertiary/aromatic N) is 3. The van der Waals surface area contributed by atoms with Gasteiger partial charge in [0, 0.05) is 36.0 Å². The Morgan fingerprint density at radius 2 is 1.84 bits per heavy atom. The topological polar surface area (TPSA) is 97.6 Å². The van der Waals surface area contributed by atoms with Gasteiger partial charge in [0.05, 0.1) is 29.9 Å². The zero-order chi connectivity index (χ0) is 22.2. The van der Waals surface area contributed by atoms with Gasteiger partial charge in [0.1, 0.15) is 0 Å². The number of nitrogens with one attached hydrogen (secondary N) is 1. The van der Waals surface area contributed by atoms with Crippen LogP contribution in [0.15, 0.2) is 34.9 Å². The van der Waals surface area contributed by atoms with Gasteiger partial charge in [-0.2, -0.15) is 0 Å². The van der Waals surface area contributed by atoms with Crippen LogP contribution in [0.25, 0.3) is 11.1 Å². The van der Waals surface area contributed by atoms with Crippen molar-refractivity contribution < 1.29 is 18.8 Å². The summed E-state index contributed by atoms with van der Waals surface area (Å²) in [6.07, 6.45) is 2.15. The number of aromatic nitrogens is 2. The lowest BCUT2D eigenvalue weighted by atomic mass is 10.0. The molecule has 166 valence electrons. The molecule has 2 aromatic heterocycles. The van der Waals surface area contributed by atoms with Crippen LogP contribution in [-0.4, -0.2) is 53.2 Å². The van der Waals surface area contributed by atoms with E-state index in [4.69, 9.17) is 9.26 Å². The maximum absolute atomic E-state index is 13.3. The van der Waals surface area contributed by atoms with Crippen LogP contribution in [0.3, 0.4) is 0 Å². The molecular formula is C24H26N4O4. The fraction of sp³-hybridized carbons (Fsp3) is 0.417. The van der Waals surface area contributed by atoms with Crippen molar-refractivity contribution >= 4 is 28.6 Å². The highest BCUT2D eigenvalue weighted by atomic mass is 16.5. The molecule has 8 heteroatoms. The maximum Gasteiger partial charge on any atom is 0.259 e. The lowest BCUT2D eigenvalue weighted by Crippen LogP contribution is -2.40. The Hall–Kier alpha value is -3.26. The van der Waals surface area contributed by atoms with Gasteiger partial charge in [-0.05, 0) is 49.1 Å². The number of morpholine rings is 1. The molecule has 1 aliphatic heterocycles. The molecule has 0 bridgehead atoms. The molecule has 0 spiro atoms. The van der Waals surface area contributed by atoms with E-state index in [1.807, 2.05) is 19.9 Å². The average Bonchev–Trinajstić information content (AvgIpc) is 3.57. The van der Waals surface area contributed by atoms with E-state index in [2.05, 4.69) is 15.5 Å². The van der Waals surface area contributed by atoms with Crippen molar-refractivity contribution in [1.29, 1.82) is 0 Å². The lowest BCUT2D eigenvalue weighted by Gasteiger charge is -2.26. The molecule has 2 fully saturated rings. The molecule has 1 saturated heterocycles. The highest BCUT2D eigenvalue weighted by Gasteiger charge is 2.29. The minimum Gasteiger partial charge on any atom is -0.378 e. The van der Waals surface area contributed by atoms with Crippen LogP contribution in [0.1, 0.15) is 70.6 Å². The molecular weight excluding hydrogens is 408 g/mol. The second-order valence-electron chi connectivity index (χ2n) is 8.71. The largest absolute Gasteiger partial charge is 0.378 e. The van der Waals surface area contributed by atoms with Gasteiger partial charge in [-0.25, -0.2) is 4.98 Å². The van der Waals surface area contributed by atoms with E-state index in [9.17, 15) is 9.59 Å². The fourth-order valence-corrected chi connectivity index (χ4v) is 4.00. The molecule has 0 atom stereocenters. The number of amides is 2. The second-order valence-corrected chi connectivity index (χ2v) is 8.71. The molecule has 3 heterocycles. The first-order valence-electron chi connectivity index (χ1n) is 11.1. The fourth-order valence-electron chi connectivity index (χ4n) is 4.00. The van der Waals surface area contributed by atoms with Gasteiger partial charge in [-0.1, -0.05) is 19.0 Å². The van der Waals surface area contributed by atoms with Gasteiger partial charge in [0.2, 0.25) is 0 Å². The monoisotopic (exact) mass is 434 g/mol. The van der Waals surface area contributed by atoms with Crippen LogP contribution in [-0.2, 0) is 4.74 Å². The van der Waals surface area contributed by atoms with Gasteiger partial charge in [0.15, 0.2) is 0 Å². The number of fused-ring (bicyclic) bond motifs is 1. The third-order valence-electron chi connectivity index (χ3n) is 5.97. The number of rotatable bonds is 5. The molecule has 1 aliphatic carbocycles. The number of benzene rings is 1. The molecule has 0 radical (unpaired) electrons. The van der Waals surface area contributed by atoms with Crippen LogP contribution in [0, 0.1) is 0 Å².